The quantitative estimate of drug-likeness (QED) is 0.204. The first-order valence-electron chi connectivity index (χ1n) is 10.7. The van der Waals surface area contributed by atoms with Crippen LogP contribution >= 0.6 is 0 Å². The summed E-state index contributed by atoms with van der Waals surface area (Å²) in [7, 11) is 6.11. The lowest BCUT2D eigenvalue weighted by Gasteiger charge is -2.33. The molecule has 8 nitrogen and oxygen atoms in total. The topological polar surface area (TPSA) is 83.5 Å². The maximum Gasteiger partial charge on any atom is 0.343 e. The Morgan fingerprint density at radius 3 is 1.86 bits per heavy atom. The van der Waals surface area contributed by atoms with E-state index in [0.29, 0.717) is 46.6 Å². The van der Waals surface area contributed by atoms with Crippen molar-refractivity contribution in [2.45, 2.75) is 0 Å². The van der Waals surface area contributed by atoms with Crippen molar-refractivity contribution in [1.29, 1.82) is 0 Å². The van der Waals surface area contributed by atoms with Gasteiger partial charge in [-0.3, -0.25) is 4.79 Å². The van der Waals surface area contributed by atoms with Gasteiger partial charge >= 0.3 is 5.97 Å². The van der Waals surface area contributed by atoms with Gasteiger partial charge in [-0.1, -0.05) is 18.7 Å². The van der Waals surface area contributed by atoms with E-state index in [-0.39, 0.29) is 11.5 Å². The Bertz CT molecular complexity index is 1230. The molecule has 1 fully saturated rings. The number of benzene rings is 3. The third-order valence-corrected chi connectivity index (χ3v) is 5.21. The van der Waals surface area contributed by atoms with Crippen molar-refractivity contribution in [2.24, 2.45) is 0 Å². The van der Waals surface area contributed by atoms with E-state index in [2.05, 4.69) is 6.58 Å². The Morgan fingerprint density at radius 2 is 1.39 bits per heavy atom. The van der Waals surface area contributed by atoms with Gasteiger partial charge in [0.1, 0.15) is 5.82 Å². The standard InChI is InChI=1S/C14H11FO3.C13H15NO4/c1-17-12-4-2-3-5-13(12)18-14(16)10-6-8-11(15)9-7-10;1-8-7-14(13(8)15)9-5-10(16-2)12(18-4)11(6-9)17-3/h2-9H,1H3;5-6H,1,7H2,2-4H3. The summed E-state index contributed by atoms with van der Waals surface area (Å²) < 4.78 is 38.7. The summed E-state index contributed by atoms with van der Waals surface area (Å²) in [6.45, 7) is 4.18. The minimum absolute atomic E-state index is 0.0794. The van der Waals surface area contributed by atoms with Gasteiger partial charge in [-0.15, -0.1) is 0 Å². The van der Waals surface area contributed by atoms with Gasteiger partial charge in [-0.05, 0) is 36.4 Å². The van der Waals surface area contributed by atoms with Crippen molar-refractivity contribution in [3.8, 4) is 28.7 Å². The van der Waals surface area contributed by atoms with Crippen LogP contribution in [0, 0.1) is 5.82 Å². The van der Waals surface area contributed by atoms with Crippen LogP contribution in [-0.2, 0) is 4.79 Å². The normalized spacial score (nSPS) is 12.1. The molecular weight excluding hydrogens is 469 g/mol. The maximum atomic E-state index is 12.7. The number of β-lactam (4-membered cyclic amide) rings is 1. The lowest BCUT2D eigenvalue weighted by Crippen LogP contribution is -2.45. The number of halogens is 1. The third-order valence-electron chi connectivity index (χ3n) is 5.21. The van der Waals surface area contributed by atoms with Gasteiger partial charge in [0.05, 0.1) is 46.2 Å². The van der Waals surface area contributed by atoms with Crippen LogP contribution in [0.5, 0.6) is 28.7 Å². The van der Waals surface area contributed by atoms with Gasteiger partial charge in [0.15, 0.2) is 23.0 Å². The smallest absolute Gasteiger partial charge is 0.343 e. The predicted octanol–water partition coefficient (Wildman–Crippen LogP) is 4.67. The second kappa shape index (κ2) is 11.7. The lowest BCUT2D eigenvalue weighted by molar-refractivity contribution is -0.117. The van der Waals surface area contributed by atoms with Gasteiger partial charge in [0.25, 0.3) is 5.91 Å². The molecule has 0 aromatic heterocycles. The van der Waals surface area contributed by atoms with Gasteiger partial charge < -0.3 is 28.6 Å². The number of anilines is 1. The van der Waals surface area contributed by atoms with E-state index >= 15 is 0 Å². The van der Waals surface area contributed by atoms with Crippen LogP contribution in [-0.4, -0.2) is 46.9 Å². The number of methoxy groups -OCH3 is 4. The largest absolute Gasteiger partial charge is 0.493 e. The predicted molar refractivity (Wildman–Crippen MR) is 132 cm³/mol. The zero-order valence-electron chi connectivity index (χ0n) is 20.4. The van der Waals surface area contributed by atoms with Crippen molar-refractivity contribution in [3.63, 3.8) is 0 Å². The van der Waals surface area contributed by atoms with Crippen molar-refractivity contribution < 1.29 is 37.7 Å². The zero-order valence-corrected chi connectivity index (χ0v) is 20.4. The van der Waals surface area contributed by atoms with Gasteiger partial charge in [0, 0.05) is 17.7 Å². The average Bonchev–Trinajstić information content (AvgIpc) is 2.91. The molecule has 0 N–H and O–H groups in total. The molecule has 0 atom stereocenters. The number of nitrogens with zero attached hydrogens (tertiary/aromatic N) is 1. The van der Waals surface area contributed by atoms with Gasteiger partial charge in [-0.2, -0.15) is 0 Å². The third kappa shape index (κ3) is 5.75. The van der Waals surface area contributed by atoms with E-state index in [1.54, 1.807) is 41.3 Å². The number of esters is 1. The Balaban J connectivity index is 0.000000201. The number of carbonyl (C=O) groups excluding carboxylic acids is 2. The second-order valence-electron chi connectivity index (χ2n) is 7.43. The number of hydrogen-bond donors (Lipinski definition) is 0. The molecule has 4 rings (SSSR count). The molecule has 1 aliphatic rings. The van der Waals surface area contributed by atoms with E-state index in [9.17, 15) is 14.0 Å². The molecule has 9 heteroatoms. The van der Waals surface area contributed by atoms with Crippen molar-refractivity contribution in [2.75, 3.05) is 39.9 Å². The lowest BCUT2D eigenvalue weighted by atomic mass is 10.1. The molecule has 0 unspecified atom stereocenters. The van der Waals surface area contributed by atoms with Crippen LogP contribution in [0.2, 0.25) is 0 Å². The highest BCUT2D eigenvalue weighted by Crippen LogP contribution is 2.42. The van der Waals surface area contributed by atoms with E-state index in [4.69, 9.17) is 23.7 Å². The molecule has 0 radical (unpaired) electrons. The summed E-state index contributed by atoms with van der Waals surface area (Å²) in [4.78, 5) is 25.0. The van der Waals surface area contributed by atoms with E-state index in [1.165, 1.54) is 52.7 Å². The summed E-state index contributed by atoms with van der Waals surface area (Å²) in [5.74, 6) is 1.32. The summed E-state index contributed by atoms with van der Waals surface area (Å²) in [5.41, 5.74) is 1.59. The fourth-order valence-corrected chi connectivity index (χ4v) is 3.31. The molecule has 1 heterocycles. The summed E-state index contributed by atoms with van der Waals surface area (Å²) in [5, 5.41) is 0. The number of carbonyl (C=O) groups is 2. The Morgan fingerprint density at radius 1 is 0.833 bits per heavy atom. The first kappa shape index (κ1) is 26.1. The Hall–Kier alpha value is -4.53. The fourth-order valence-electron chi connectivity index (χ4n) is 3.31. The number of hydrogen-bond acceptors (Lipinski definition) is 7. The maximum absolute atomic E-state index is 12.7. The molecule has 188 valence electrons. The fraction of sp³-hybridized carbons (Fsp3) is 0.185. The molecule has 0 bridgehead atoms. The number of para-hydroxylation sites is 2. The highest BCUT2D eigenvalue weighted by Gasteiger charge is 2.31. The van der Waals surface area contributed by atoms with Gasteiger partial charge in [0.2, 0.25) is 5.75 Å². The minimum atomic E-state index is -0.556. The summed E-state index contributed by atoms with van der Waals surface area (Å²) in [6.07, 6.45) is 0. The van der Waals surface area contributed by atoms with Gasteiger partial charge in [-0.25, -0.2) is 9.18 Å². The SMILES string of the molecule is C=C1CN(c2cc(OC)c(OC)c(OC)c2)C1=O.COc1ccccc1OC(=O)c1ccc(F)cc1. The molecule has 36 heavy (non-hydrogen) atoms. The zero-order chi connectivity index (χ0) is 26.2. The van der Waals surface area contributed by atoms with Crippen molar-refractivity contribution in [1.82, 2.24) is 0 Å². The van der Waals surface area contributed by atoms with Crippen LogP contribution in [0.4, 0.5) is 10.1 Å². The number of ether oxygens (including phenoxy) is 5. The van der Waals surface area contributed by atoms with Crippen LogP contribution in [0.25, 0.3) is 0 Å². The highest BCUT2D eigenvalue weighted by molar-refractivity contribution is 6.13. The molecule has 1 amide bonds. The molecule has 0 saturated carbocycles. The number of rotatable bonds is 7. The molecule has 0 spiro atoms. The monoisotopic (exact) mass is 495 g/mol. The number of amides is 1. The van der Waals surface area contributed by atoms with Crippen LogP contribution < -0.4 is 28.6 Å². The Kier molecular flexibility index (Phi) is 8.51. The van der Waals surface area contributed by atoms with Crippen LogP contribution in [0.15, 0.2) is 72.8 Å². The van der Waals surface area contributed by atoms with Crippen molar-refractivity contribution >= 4 is 17.6 Å². The van der Waals surface area contributed by atoms with E-state index in [0.717, 1.165) is 0 Å². The second-order valence-corrected chi connectivity index (χ2v) is 7.43. The van der Waals surface area contributed by atoms with Crippen LogP contribution in [0.1, 0.15) is 10.4 Å². The minimum Gasteiger partial charge on any atom is -0.493 e. The van der Waals surface area contributed by atoms with E-state index < -0.39 is 11.8 Å². The van der Waals surface area contributed by atoms with E-state index in [1.807, 2.05) is 0 Å². The molecular formula is C27H26FNO7. The summed E-state index contributed by atoms with van der Waals surface area (Å²) in [6, 6.07) is 15.5. The summed E-state index contributed by atoms with van der Waals surface area (Å²) >= 11 is 0. The Labute approximate surface area is 208 Å². The molecule has 3 aromatic carbocycles. The molecule has 0 aliphatic carbocycles. The first-order chi connectivity index (χ1) is 17.3. The first-order valence-corrected chi connectivity index (χ1v) is 10.7. The van der Waals surface area contributed by atoms with Crippen LogP contribution in [0.3, 0.4) is 0 Å². The molecule has 1 aliphatic heterocycles. The molecule has 1 saturated heterocycles. The average molecular weight is 496 g/mol. The highest BCUT2D eigenvalue weighted by atomic mass is 19.1. The molecule has 3 aromatic rings. The van der Waals surface area contributed by atoms with Crippen molar-refractivity contribution in [3.05, 3.63) is 84.2 Å².